The van der Waals surface area contributed by atoms with Crippen molar-refractivity contribution in [2.75, 3.05) is 19.8 Å². The highest BCUT2D eigenvalue weighted by Crippen LogP contribution is 2.24. The number of hydrogen-bond acceptors (Lipinski definition) is 3. The molecule has 2 rings (SSSR count). The summed E-state index contributed by atoms with van der Waals surface area (Å²) >= 11 is 5.90. The van der Waals surface area contributed by atoms with Crippen LogP contribution in [0.15, 0.2) is 18.2 Å². The first kappa shape index (κ1) is 15.8. The fourth-order valence-electron chi connectivity index (χ4n) is 2.64. The number of carboxylic acid groups (broad SMARTS) is 1. The van der Waals surface area contributed by atoms with E-state index in [4.69, 9.17) is 16.3 Å². The molecule has 0 saturated carbocycles. The van der Waals surface area contributed by atoms with Gasteiger partial charge in [0.05, 0.1) is 19.3 Å². The summed E-state index contributed by atoms with van der Waals surface area (Å²) < 4.78 is 5.25. The fraction of sp³-hybridized carbons (Fsp3) is 0.467. The molecule has 0 radical (unpaired) electrons. The Hall–Kier alpha value is -1.59. The van der Waals surface area contributed by atoms with Crippen molar-refractivity contribution in [3.8, 4) is 0 Å². The fourth-order valence-corrected chi connectivity index (χ4v) is 2.86. The average molecular weight is 312 g/mol. The van der Waals surface area contributed by atoms with Crippen molar-refractivity contribution in [2.24, 2.45) is 5.92 Å². The number of ether oxygens (including phenoxy) is 1. The molecule has 21 heavy (non-hydrogen) atoms. The molecule has 1 N–H and O–H groups in total. The molecule has 2 unspecified atom stereocenters. The lowest BCUT2D eigenvalue weighted by atomic mass is 10.00. The molecule has 1 aromatic carbocycles. The third-order valence-electron chi connectivity index (χ3n) is 3.79. The van der Waals surface area contributed by atoms with Crippen LogP contribution in [0, 0.1) is 12.8 Å². The number of amides is 1. The molecule has 0 bridgehead atoms. The highest BCUT2D eigenvalue weighted by atomic mass is 35.5. The molecule has 1 aliphatic rings. The van der Waals surface area contributed by atoms with Gasteiger partial charge in [0.2, 0.25) is 0 Å². The van der Waals surface area contributed by atoms with Gasteiger partial charge in [-0.15, -0.1) is 0 Å². The van der Waals surface area contributed by atoms with E-state index in [1.807, 2.05) is 13.8 Å². The lowest BCUT2D eigenvalue weighted by Crippen LogP contribution is -2.46. The zero-order chi connectivity index (χ0) is 15.6. The van der Waals surface area contributed by atoms with Gasteiger partial charge < -0.3 is 14.7 Å². The molecule has 1 fully saturated rings. The Kier molecular flexibility index (Phi) is 4.85. The average Bonchev–Trinajstić information content (AvgIpc) is 2.88. The van der Waals surface area contributed by atoms with Crippen molar-refractivity contribution in [1.29, 1.82) is 0 Å². The second-order valence-corrected chi connectivity index (χ2v) is 5.54. The van der Waals surface area contributed by atoms with Crippen molar-refractivity contribution >= 4 is 23.5 Å². The van der Waals surface area contributed by atoms with Crippen LogP contribution in [0.5, 0.6) is 0 Å². The third kappa shape index (κ3) is 3.19. The summed E-state index contributed by atoms with van der Waals surface area (Å²) in [5.74, 6) is -1.80. The number of likely N-dealkylation sites (N-methyl/N-ethyl adjacent to an activating group) is 1. The number of halogens is 1. The van der Waals surface area contributed by atoms with Gasteiger partial charge in [0.15, 0.2) is 0 Å². The molecule has 5 nitrogen and oxygen atoms in total. The van der Waals surface area contributed by atoms with Crippen molar-refractivity contribution in [1.82, 2.24) is 4.90 Å². The summed E-state index contributed by atoms with van der Waals surface area (Å²) in [6.45, 7) is 4.47. The van der Waals surface area contributed by atoms with Crippen LogP contribution in [0.3, 0.4) is 0 Å². The highest BCUT2D eigenvalue weighted by molar-refractivity contribution is 6.30. The van der Waals surface area contributed by atoms with Gasteiger partial charge in [0, 0.05) is 17.1 Å². The van der Waals surface area contributed by atoms with E-state index < -0.39 is 17.9 Å². The van der Waals surface area contributed by atoms with Gasteiger partial charge in [-0.2, -0.15) is 0 Å². The maximum absolute atomic E-state index is 12.7. The number of hydrogen-bond donors (Lipinski definition) is 1. The molecule has 1 aliphatic heterocycles. The molecule has 6 heteroatoms. The largest absolute Gasteiger partial charge is 0.481 e. The monoisotopic (exact) mass is 311 g/mol. The number of carboxylic acids is 1. The molecule has 0 aromatic heterocycles. The van der Waals surface area contributed by atoms with E-state index in [-0.39, 0.29) is 19.1 Å². The SMILES string of the molecule is CCN(C(=O)c1ccc(Cl)cc1C)C1COCC1C(=O)O. The van der Waals surface area contributed by atoms with Gasteiger partial charge in [-0.1, -0.05) is 11.6 Å². The molecule has 0 aliphatic carbocycles. The summed E-state index contributed by atoms with van der Waals surface area (Å²) in [6, 6.07) is 4.63. The van der Waals surface area contributed by atoms with Crippen LogP contribution in [-0.4, -0.2) is 47.7 Å². The summed E-state index contributed by atoms with van der Waals surface area (Å²) in [7, 11) is 0. The summed E-state index contributed by atoms with van der Waals surface area (Å²) in [4.78, 5) is 25.5. The van der Waals surface area contributed by atoms with Gasteiger partial charge in [-0.3, -0.25) is 9.59 Å². The molecule has 1 aromatic rings. The second kappa shape index (κ2) is 6.45. The minimum atomic E-state index is -0.934. The number of rotatable bonds is 4. The van der Waals surface area contributed by atoms with E-state index in [0.29, 0.717) is 17.1 Å². The number of aryl methyl sites for hydroxylation is 1. The van der Waals surface area contributed by atoms with Crippen LogP contribution in [0.1, 0.15) is 22.8 Å². The van der Waals surface area contributed by atoms with E-state index in [2.05, 4.69) is 0 Å². The van der Waals surface area contributed by atoms with Gasteiger partial charge >= 0.3 is 5.97 Å². The van der Waals surface area contributed by atoms with Gasteiger partial charge in [0.25, 0.3) is 5.91 Å². The molecule has 2 atom stereocenters. The Morgan fingerprint density at radius 3 is 2.71 bits per heavy atom. The topological polar surface area (TPSA) is 66.8 Å². The van der Waals surface area contributed by atoms with Crippen LogP contribution < -0.4 is 0 Å². The van der Waals surface area contributed by atoms with Crippen LogP contribution in [-0.2, 0) is 9.53 Å². The van der Waals surface area contributed by atoms with Crippen LogP contribution in [0.2, 0.25) is 5.02 Å². The lowest BCUT2D eigenvalue weighted by molar-refractivity contribution is -0.142. The minimum Gasteiger partial charge on any atom is -0.481 e. The molecule has 1 saturated heterocycles. The maximum atomic E-state index is 12.7. The first-order chi connectivity index (χ1) is 9.95. The molecule has 1 amide bonds. The Morgan fingerprint density at radius 1 is 1.43 bits per heavy atom. The zero-order valence-electron chi connectivity index (χ0n) is 12.0. The summed E-state index contributed by atoms with van der Waals surface area (Å²) in [5.41, 5.74) is 1.31. The highest BCUT2D eigenvalue weighted by Gasteiger charge is 2.39. The Balaban J connectivity index is 2.28. The summed E-state index contributed by atoms with van der Waals surface area (Å²) in [6.07, 6.45) is 0. The van der Waals surface area contributed by atoms with Crippen molar-refractivity contribution in [2.45, 2.75) is 19.9 Å². The van der Waals surface area contributed by atoms with Crippen molar-refractivity contribution in [3.05, 3.63) is 34.3 Å². The van der Waals surface area contributed by atoms with E-state index in [1.165, 1.54) is 0 Å². The Labute approximate surface area is 128 Å². The van der Waals surface area contributed by atoms with Gasteiger partial charge in [-0.05, 0) is 37.6 Å². The van der Waals surface area contributed by atoms with Crippen molar-refractivity contribution in [3.63, 3.8) is 0 Å². The zero-order valence-corrected chi connectivity index (χ0v) is 12.8. The number of benzene rings is 1. The van der Waals surface area contributed by atoms with E-state index in [9.17, 15) is 14.7 Å². The van der Waals surface area contributed by atoms with Crippen LogP contribution >= 0.6 is 11.6 Å². The summed E-state index contributed by atoms with van der Waals surface area (Å²) in [5, 5.41) is 9.81. The Morgan fingerprint density at radius 2 is 2.14 bits per heavy atom. The smallest absolute Gasteiger partial charge is 0.311 e. The van der Waals surface area contributed by atoms with Gasteiger partial charge in [-0.25, -0.2) is 0 Å². The van der Waals surface area contributed by atoms with Crippen LogP contribution in [0.4, 0.5) is 0 Å². The van der Waals surface area contributed by atoms with E-state index in [1.54, 1.807) is 23.1 Å². The minimum absolute atomic E-state index is 0.142. The predicted octanol–water partition coefficient (Wildman–Crippen LogP) is 2.21. The molecule has 1 heterocycles. The second-order valence-electron chi connectivity index (χ2n) is 5.10. The first-order valence-corrected chi connectivity index (χ1v) is 7.21. The molecular weight excluding hydrogens is 294 g/mol. The first-order valence-electron chi connectivity index (χ1n) is 6.83. The standard InChI is InChI=1S/C15H18ClNO4/c1-3-17(13-8-21-7-12(13)15(19)20)14(18)11-5-4-10(16)6-9(11)2/h4-6,12-13H,3,7-8H2,1-2H3,(H,19,20). The van der Waals surface area contributed by atoms with Crippen LogP contribution in [0.25, 0.3) is 0 Å². The number of carbonyl (C=O) groups is 2. The number of carbonyl (C=O) groups excluding carboxylic acids is 1. The number of nitrogens with zero attached hydrogens (tertiary/aromatic N) is 1. The Bertz CT molecular complexity index is 561. The maximum Gasteiger partial charge on any atom is 0.311 e. The molecule has 114 valence electrons. The van der Waals surface area contributed by atoms with Crippen molar-refractivity contribution < 1.29 is 19.4 Å². The van der Waals surface area contributed by atoms with E-state index >= 15 is 0 Å². The lowest BCUT2D eigenvalue weighted by Gasteiger charge is -2.29. The number of aliphatic carboxylic acids is 1. The van der Waals surface area contributed by atoms with E-state index in [0.717, 1.165) is 5.56 Å². The van der Waals surface area contributed by atoms with Gasteiger partial charge in [0.1, 0.15) is 5.92 Å². The molecule has 0 spiro atoms. The normalized spacial score (nSPS) is 21.3. The predicted molar refractivity (Wildman–Crippen MR) is 78.6 cm³/mol. The quantitative estimate of drug-likeness (QED) is 0.926. The third-order valence-corrected chi connectivity index (χ3v) is 4.02. The molecular formula is C15H18ClNO4.